The van der Waals surface area contributed by atoms with Gasteiger partial charge < -0.3 is 15.5 Å². The van der Waals surface area contributed by atoms with Gasteiger partial charge in [0.15, 0.2) is 0 Å². The number of alkyl halides is 2. The fraction of sp³-hybridized carbons (Fsp3) is 0.500. The summed E-state index contributed by atoms with van der Waals surface area (Å²) in [5, 5.41) is 0. The summed E-state index contributed by atoms with van der Waals surface area (Å²) in [6, 6.07) is 5.82. The summed E-state index contributed by atoms with van der Waals surface area (Å²) in [6.45, 7) is 0.511. The van der Waals surface area contributed by atoms with E-state index in [4.69, 9.17) is 5.73 Å². The zero-order valence-electron chi connectivity index (χ0n) is 16.2. The van der Waals surface area contributed by atoms with Gasteiger partial charge in [-0.05, 0) is 12.5 Å². The van der Waals surface area contributed by atoms with Crippen LogP contribution in [0.1, 0.15) is 30.5 Å². The molecule has 2 saturated heterocycles. The molecule has 0 spiro atoms. The third-order valence-corrected chi connectivity index (χ3v) is 6.38. The Morgan fingerprint density at radius 3 is 2.80 bits per heavy atom. The van der Waals surface area contributed by atoms with Crippen molar-refractivity contribution >= 4 is 17.5 Å². The van der Waals surface area contributed by atoms with Crippen LogP contribution in [0.5, 0.6) is 0 Å². The molecule has 3 aliphatic heterocycles. The van der Waals surface area contributed by atoms with Crippen molar-refractivity contribution in [1.82, 2.24) is 19.4 Å². The van der Waals surface area contributed by atoms with E-state index in [0.717, 1.165) is 5.69 Å². The number of piperidine rings is 1. The minimum absolute atomic E-state index is 0.00155. The van der Waals surface area contributed by atoms with Crippen molar-refractivity contribution in [3.63, 3.8) is 0 Å². The molecule has 5 heterocycles. The number of anilines is 2. The van der Waals surface area contributed by atoms with Crippen molar-refractivity contribution < 1.29 is 13.6 Å². The first kappa shape index (κ1) is 19.0. The molecular formula is C20H22F2N6O2. The number of likely N-dealkylation sites (tertiary alicyclic amines) is 1. The van der Waals surface area contributed by atoms with Gasteiger partial charge >= 0.3 is 0 Å². The van der Waals surface area contributed by atoms with Crippen LogP contribution in [-0.2, 0) is 4.79 Å². The summed E-state index contributed by atoms with van der Waals surface area (Å²) in [4.78, 5) is 37.6. The number of nitrogens with zero attached hydrogens (tertiary/aromatic N) is 5. The molecule has 1 amide bonds. The lowest BCUT2D eigenvalue weighted by molar-refractivity contribution is -0.137. The number of hydrogen-bond acceptors (Lipinski definition) is 6. The first-order chi connectivity index (χ1) is 14.3. The topological polar surface area (TPSA) is 97.3 Å². The van der Waals surface area contributed by atoms with Crippen molar-refractivity contribution in [1.29, 1.82) is 0 Å². The number of nitrogens with two attached hydrogens (primary N) is 1. The molecule has 5 rings (SSSR count). The average Bonchev–Trinajstić information content (AvgIpc) is 3.08. The van der Waals surface area contributed by atoms with Gasteiger partial charge in [0, 0.05) is 55.7 Å². The number of hydrogen-bond donors (Lipinski definition) is 1. The number of aromatic nitrogens is 3. The lowest BCUT2D eigenvalue weighted by Gasteiger charge is -2.47. The Morgan fingerprint density at radius 1 is 1.23 bits per heavy atom. The van der Waals surface area contributed by atoms with Crippen LogP contribution >= 0.6 is 0 Å². The average molecular weight is 416 g/mol. The lowest BCUT2D eigenvalue weighted by Crippen LogP contribution is -2.54. The highest BCUT2D eigenvalue weighted by molar-refractivity contribution is 5.82. The highest BCUT2D eigenvalue weighted by Gasteiger charge is 2.48. The fourth-order valence-corrected chi connectivity index (χ4v) is 5.08. The van der Waals surface area contributed by atoms with Gasteiger partial charge in [0.2, 0.25) is 5.91 Å². The van der Waals surface area contributed by atoms with Crippen LogP contribution in [0.2, 0.25) is 0 Å². The van der Waals surface area contributed by atoms with E-state index < -0.39 is 24.4 Å². The number of rotatable bonds is 2. The first-order valence-corrected chi connectivity index (χ1v) is 10.0. The molecule has 2 aromatic heterocycles. The van der Waals surface area contributed by atoms with Crippen molar-refractivity contribution in [3.8, 4) is 0 Å². The van der Waals surface area contributed by atoms with Crippen molar-refractivity contribution in [3.05, 3.63) is 46.6 Å². The molecule has 10 heteroatoms. The first-order valence-electron chi connectivity index (χ1n) is 10.0. The molecule has 2 fully saturated rings. The lowest BCUT2D eigenvalue weighted by atomic mass is 9.78. The summed E-state index contributed by atoms with van der Waals surface area (Å²) < 4.78 is 29.1. The van der Waals surface area contributed by atoms with Crippen molar-refractivity contribution in [2.75, 3.05) is 36.8 Å². The molecule has 30 heavy (non-hydrogen) atoms. The second kappa shape index (κ2) is 6.75. The van der Waals surface area contributed by atoms with Crippen molar-refractivity contribution in [2.24, 2.45) is 5.92 Å². The third-order valence-electron chi connectivity index (χ3n) is 6.38. The number of amides is 1. The van der Waals surface area contributed by atoms with Gasteiger partial charge in [-0.15, -0.1) is 0 Å². The van der Waals surface area contributed by atoms with E-state index in [1.165, 1.54) is 21.9 Å². The van der Waals surface area contributed by atoms with Crippen LogP contribution in [0.25, 0.3) is 0 Å². The molecule has 2 N–H and O–H groups in total. The van der Waals surface area contributed by atoms with Gasteiger partial charge in [-0.25, -0.2) is 18.7 Å². The van der Waals surface area contributed by atoms with E-state index in [-0.39, 0.29) is 30.4 Å². The summed E-state index contributed by atoms with van der Waals surface area (Å²) >= 11 is 0. The molecular weight excluding hydrogens is 394 g/mol. The standard InChI is InChI=1S/C20H22F2N6O2/c21-20(22)4-5-26(10-20)19(30)18-13-6-12(14-2-1-3-17(29)28(14)18)8-27(9-13)16-7-15(23)24-11-25-16/h1-3,7,11-13,18H,4-6,8-10H2,(H2,23,24,25)/t12-,13+,18-/m1/s1. The molecule has 0 unspecified atom stereocenters. The monoisotopic (exact) mass is 416 g/mol. The van der Waals surface area contributed by atoms with Gasteiger partial charge in [0.25, 0.3) is 11.5 Å². The SMILES string of the molecule is Nc1cc(N2C[C@H]3C[C@@H](C2)[C@H](C(=O)N2CCC(F)(F)C2)n2c3cccc2=O)ncn1. The normalized spacial score (nSPS) is 27.1. The summed E-state index contributed by atoms with van der Waals surface area (Å²) in [7, 11) is 0. The fourth-order valence-electron chi connectivity index (χ4n) is 5.08. The van der Waals surface area contributed by atoms with E-state index in [2.05, 4.69) is 9.97 Å². The summed E-state index contributed by atoms with van der Waals surface area (Å²) in [5.41, 5.74) is 6.29. The molecule has 158 valence electrons. The Labute approximate surface area is 171 Å². The van der Waals surface area contributed by atoms with Crippen LogP contribution in [0.15, 0.2) is 35.4 Å². The van der Waals surface area contributed by atoms with E-state index in [1.807, 2.05) is 11.0 Å². The van der Waals surface area contributed by atoms with Crippen LogP contribution < -0.4 is 16.2 Å². The highest BCUT2D eigenvalue weighted by Crippen LogP contribution is 2.43. The Bertz CT molecular complexity index is 1060. The molecule has 0 saturated carbocycles. The minimum Gasteiger partial charge on any atom is -0.384 e. The minimum atomic E-state index is -2.88. The second-order valence-corrected chi connectivity index (χ2v) is 8.37. The number of fused-ring (bicyclic) bond motifs is 4. The maximum Gasteiger partial charge on any atom is 0.267 e. The molecule has 8 nitrogen and oxygen atoms in total. The molecule has 2 aromatic rings. The highest BCUT2D eigenvalue weighted by atomic mass is 19.3. The zero-order valence-corrected chi connectivity index (χ0v) is 16.2. The Balaban J connectivity index is 1.54. The van der Waals surface area contributed by atoms with Gasteiger partial charge in [-0.3, -0.25) is 14.2 Å². The van der Waals surface area contributed by atoms with Crippen molar-refractivity contribution in [2.45, 2.75) is 30.7 Å². The molecule has 3 atom stereocenters. The zero-order chi connectivity index (χ0) is 21.0. The summed E-state index contributed by atoms with van der Waals surface area (Å²) in [6.07, 6.45) is 1.76. The van der Waals surface area contributed by atoms with Gasteiger partial charge in [0.1, 0.15) is 24.0 Å². The maximum atomic E-state index is 13.8. The van der Waals surface area contributed by atoms with E-state index in [9.17, 15) is 18.4 Å². The molecule has 0 aromatic carbocycles. The van der Waals surface area contributed by atoms with E-state index in [0.29, 0.717) is 31.1 Å². The molecule has 0 aliphatic carbocycles. The smallest absolute Gasteiger partial charge is 0.267 e. The maximum absolute atomic E-state index is 13.8. The molecule has 0 radical (unpaired) electrons. The molecule has 2 bridgehead atoms. The second-order valence-electron chi connectivity index (χ2n) is 8.37. The Morgan fingerprint density at radius 2 is 2.07 bits per heavy atom. The van der Waals surface area contributed by atoms with Crippen LogP contribution in [0.3, 0.4) is 0 Å². The summed E-state index contributed by atoms with van der Waals surface area (Å²) in [5.74, 6) is -2.46. The number of carbonyl (C=O) groups excluding carboxylic acids is 1. The number of halogens is 2. The third kappa shape index (κ3) is 3.10. The Hall–Kier alpha value is -3.04. The largest absolute Gasteiger partial charge is 0.384 e. The number of pyridine rings is 1. The number of carbonyl (C=O) groups is 1. The van der Waals surface area contributed by atoms with Gasteiger partial charge in [-0.1, -0.05) is 6.07 Å². The van der Waals surface area contributed by atoms with Gasteiger partial charge in [-0.2, -0.15) is 0 Å². The Kier molecular flexibility index (Phi) is 4.26. The van der Waals surface area contributed by atoms with Crippen LogP contribution in [0, 0.1) is 5.92 Å². The predicted octanol–water partition coefficient (Wildman–Crippen LogP) is 1.25. The predicted molar refractivity (Wildman–Crippen MR) is 105 cm³/mol. The van der Waals surface area contributed by atoms with Crippen LogP contribution in [-0.4, -0.2) is 57.4 Å². The quantitative estimate of drug-likeness (QED) is 0.792. The number of nitrogen functional groups attached to an aromatic ring is 1. The molecule has 3 aliphatic rings. The van der Waals surface area contributed by atoms with Gasteiger partial charge in [0.05, 0.1) is 6.54 Å². The van der Waals surface area contributed by atoms with Crippen LogP contribution in [0.4, 0.5) is 20.4 Å². The van der Waals surface area contributed by atoms with E-state index >= 15 is 0 Å². The van der Waals surface area contributed by atoms with E-state index in [1.54, 1.807) is 12.1 Å².